The number of ether oxygens (including phenoxy) is 2. The summed E-state index contributed by atoms with van der Waals surface area (Å²) < 4.78 is 28.3. The number of hydrogen-bond acceptors (Lipinski definition) is 6. The number of hydrogen-bond donors (Lipinski definition) is 2. The molecule has 3 aromatic carbocycles. The van der Waals surface area contributed by atoms with Gasteiger partial charge < -0.3 is 25.0 Å². The molecular weight excluding hydrogens is 609 g/mol. The van der Waals surface area contributed by atoms with Crippen molar-refractivity contribution >= 4 is 34.1 Å². The highest BCUT2D eigenvalue weighted by Gasteiger charge is 2.50. The molecule has 3 aliphatic heterocycles. The Morgan fingerprint density at radius 1 is 0.938 bits per heavy atom. The fraction of sp³-hybridized carbons (Fsp3) is 0.447. The number of rotatable bonds is 7. The van der Waals surface area contributed by atoms with Gasteiger partial charge in [-0.2, -0.15) is 5.10 Å². The number of halogens is 1. The first kappa shape index (κ1) is 31.0. The molecule has 4 atom stereocenters. The fourth-order valence-corrected chi connectivity index (χ4v) is 8.34. The highest BCUT2D eigenvalue weighted by atomic mass is 19.1. The molecule has 10 heteroatoms. The zero-order valence-corrected chi connectivity index (χ0v) is 27.2. The quantitative estimate of drug-likeness (QED) is 0.232. The van der Waals surface area contributed by atoms with Gasteiger partial charge in [0.05, 0.1) is 48.5 Å². The fourth-order valence-electron chi connectivity index (χ4n) is 8.34. The number of carbonyl (C=O) groups is 2. The van der Waals surface area contributed by atoms with Crippen LogP contribution in [0.3, 0.4) is 0 Å². The molecule has 1 saturated carbocycles. The molecular formula is C38H42FN5O4. The molecule has 4 fully saturated rings. The Morgan fingerprint density at radius 2 is 1.73 bits per heavy atom. The summed E-state index contributed by atoms with van der Waals surface area (Å²) in [5.74, 6) is -1.38. The summed E-state index contributed by atoms with van der Waals surface area (Å²) in [5, 5.41) is 12.3. The van der Waals surface area contributed by atoms with Gasteiger partial charge >= 0.3 is 0 Å². The van der Waals surface area contributed by atoms with Crippen LogP contribution in [0.5, 0.6) is 0 Å². The number of carbonyl (C=O) groups excluding carboxylic acids is 2. The average molecular weight is 652 g/mol. The molecule has 0 radical (unpaired) electrons. The Hall–Kier alpha value is -4.28. The van der Waals surface area contributed by atoms with Crippen LogP contribution in [-0.4, -0.2) is 65.0 Å². The topological polar surface area (TPSA) is 97.7 Å². The minimum absolute atomic E-state index is 0.0664. The van der Waals surface area contributed by atoms with Gasteiger partial charge in [0.25, 0.3) is 5.91 Å². The summed E-state index contributed by atoms with van der Waals surface area (Å²) in [6.45, 7) is 4.56. The molecule has 8 rings (SSSR count). The maximum absolute atomic E-state index is 15.4. The number of likely N-dealkylation sites (tertiary alicyclic amines) is 1. The minimum Gasteiger partial charge on any atom is -0.382 e. The number of benzene rings is 3. The molecule has 0 unspecified atom stereocenters. The lowest BCUT2D eigenvalue weighted by atomic mass is 9.76. The lowest BCUT2D eigenvalue weighted by molar-refractivity contribution is -0.125. The molecule has 4 heterocycles. The number of amides is 2. The molecule has 1 aromatic heterocycles. The molecule has 1 aliphatic carbocycles. The summed E-state index contributed by atoms with van der Waals surface area (Å²) in [7, 11) is 0. The molecule has 4 aromatic rings. The van der Waals surface area contributed by atoms with Gasteiger partial charge in [-0.25, -0.2) is 4.39 Å². The zero-order chi connectivity index (χ0) is 32.8. The lowest BCUT2D eigenvalue weighted by Crippen LogP contribution is -2.54. The second kappa shape index (κ2) is 13.0. The third-order valence-electron chi connectivity index (χ3n) is 10.9. The summed E-state index contributed by atoms with van der Waals surface area (Å²) in [6, 6.07) is 18.7. The summed E-state index contributed by atoms with van der Waals surface area (Å²) in [5.41, 5.74) is 4.23. The molecule has 250 valence electrons. The van der Waals surface area contributed by atoms with E-state index in [2.05, 4.69) is 15.7 Å². The molecule has 2 amide bonds. The van der Waals surface area contributed by atoms with Gasteiger partial charge in [0.15, 0.2) is 0 Å². The average Bonchev–Trinajstić information content (AvgIpc) is 3.71. The molecule has 0 spiro atoms. The summed E-state index contributed by atoms with van der Waals surface area (Å²) in [6.07, 6.45) is 7.12. The van der Waals surface area contributed by atoms with E-state index in [1.54, 1.807) is 19.1 Å². The maximum atomic E-state index is 15.4. The van der Waals surface area contributed by atoms with E-state index >= 15 is 4.39 Å². The highest BCUT2D eigenvalue weighted by Crippen LogP contribution is 2.49. The van der Waals surface area contributed by atoms with E-state index in [4.69, 9.17) is 9.47 Å². The van der Waals surface area contributed by atoms with Crippen LogP contribution >= 0.6 is 0 Å². The molecule has 0 bridgehead atoms. The second-order valence-electron chi connectivity index (χ2n) is 13.9. The van der Waals surface area contributed by atoms with Gasteiger partial charge in [0.1, 0.15) is 5.82 Å². The predicted octanol–water partition coefficient (Wildman–Crippen LogP) is 6.66. The molecule has 9 nitrogen and oxygen atoms in total. The van der Waals surface area contributed by atoms with Crippen LogP contribution in [0.25, 0.3) is 10.9 Å². The predicted molar refractivity (Wildman–Crippen MR) is 181 cm³/mol. The second-order valence-corrected chi connectivity index (χ2v) is 13.9. The van der Waals surface area contributed by atoms with E-state index in [0.717, 1.165) is 67.5 Å². The molecule has 48 heavy (non-hydrogen) atoms. The third-order valence-corrected chi connectivity index (χ3v) is 10.9. The Kier molecular flexibility index (Phi) is 8.38. The van der Waals surface area contributed by atoms with E-state index < -0.39 is 17.8 Å². The minimum atomic E-state index is -0.557. The van der Waals surface area contributed by atoms with E-state index in [1.807, 2.05) is 58.2 Å². The van der Waals surface area contributed by atoms with Crippen molar-refractivity contribution in [1.29, 1.82) is 0 Å². The van der Waals surface area contributed by atoms with Crippen molar-refractivity contribution < 1.29 is 23.5 Å². The SMILES string of the molecule is Cc1cccc(F)c1C(=O)N1[C@@H]2CCC[C@@H]2C[C@H](C(=O)Nc2ccc3c(cnn3C3COC3)c2)[C@@H]1c1ccc(NC2CCOCC2)cc1. The Bertz CT molecular complexity index is 1800. The Labute approximate surface area is 279 Å². The van der Waals surface area contributed by atoms with Crippen LogP contribution in [0.1, 0.15) is 72.1 Å². The van der Waals surface area contributed by atoms with Crippen molar-refractivity contribution in [1.82, 2.24) is 14.7 Å². The summed E-state index contributed by atoms with van der Waals surface area (Å²) in [4.78, 5) is 30.9. The van der Waals surface area contributed by atoms with Crippen LogP contribution < -0.4 is 10.6 Å². The van der Waals surface area contributed by atoms with Crippen LogP contribution in [-0.2, 0) is 14.3 Å². The first-order valence-electron chi connectivity index (χ1n) is 17.3. The van der Waals surface area contributed by atoms with Crippen molar-refractivity contribution in [2.75, 3.05) is 37.1 Å². The van der Waals surface area contributed by atoms with Crippen LogP contribution in [0.15, 0.2) is 66.9 Å². The van der Waals surface area contributed by atoms with Crippen LogP contribution in [0, 0.1) is 24.6 Å². The van der Waals surface area contributed by atoms with Crippen LogP contribution in [0.2, 0.25) is 0 Å². The lowest BCUT2D eigenvalue weighted by Gasteiger charge is -2.48. The molecule has 3 saturated heterocycles. The number of aryl methyl sites for hydroxylation is 1. The van der Waals surface area contributed by atoms with Crippen LogP contribution in [0.4, 0.5) is 15.8 Å². The first-order chi connectivity index (χ1) is 23.4. The van der Waals surface area contributed by atoms with E-state index in [1.165, 1.54) is 6.07 Å². The normalized spacial score (nSPS) is 24.7. The van der Waals surface area contributed by atoms with Gasteiger partial charge in [0.2, 0.25) is 5.91 Å². The number of nitrogens with one attached hydrogen (secondary N) is 2. The van der Waals surface area contributed by atoms with Gasteiger partial charge in [0, 0.05) is 42.1 Å². The largest absolute Gasteiger partial charge is 0.382 e. The van der Waals surface area contributed by atoms with Gasteiger partial charge in [-0.1, -0.05) is 30.7 Å². The Morgan fingerprint density at radius 3 is 2.48 bits per heavy atom. The number of aromatic nitrogens is 2. The van der Waals surface area contributed by atoms with Crippen molar-refractivity contribution in [3.63, 3.8) is 0 Å². The third kappa shape index (κ3) is 5.75. The molecule has 2 N–H and O–H groups in total. The standard InChI is InChI=1S/C38H42FN5O4/c1-23-4-2-6-32(39)35(23)38(46)43-33-7-3-5-25(33)19-31(36(43)24-8-10-27(11-9-24)41-28-14-16-47-17-15-28)37(45)42-29-12-13-34-26(18-29)20-40-44(34)30-21-48-22-30/h2,4,6,8-13,18,20,25,28,30-31,33,36,41H,3,5,7,14-17,19,21-22H2,1H3,(H,42,45)/t25-,31+,33-,36+/m1/s1. The first-order valence-corrected chi connectivity index (χ1v) is 17.3. The van der Waals surface area contributed by atoms with Crippen molar-refractivity contribution in [3.8, 4) is 0 Å². The number of anilines is 2. The Balaban J connectivity index is 1.14. The maximum Gasteiger partial charge on any atom is 0.257 e. The van der Waals surface area contributed by atoms with Crippen molar-refractivity contribution in [3.05, 3.63) is 89.4 Å². The number of fused-ring (bicyclic) bond motifs is 2. The van der Waals surface area contributed by atoms with Gasteiger partial charge in [-0.3, -0.25) is 14.3 Å². The van der Waals surface area contributed by atoms with E-state index in [0.29, 0.717) is 36.9 Å². The van der Waals surface area contributed by atoms with E-state index in [-0.39, 0.29) is 35.4 Å². The molecule has 4 aliphatic rings. The monoisotopic (exact) mass is 651 g/mol. The van der Waals surface area contributed by atoms with Crippen molar-refractivity contribution in [2.24, 2.45) is 11.8 Å². The number of nitrogens with zero attached hydrogens (tertiary/aromatic N) is 3. The van der Waals surface area contributed by atoms with Crippen molar-refractivity contribution in [2.45, 2.75) is 69.6 Å². The van der Waals surface area contributed by atoms with Gasteiger partial charge in [-0.15, -0.1) is 0 Å². The smallest absolute Gasteiger partial charge is 0.257 e. The van der Waals surface area contributed by atoms with Gasteiger partial charge in [-0.05, 0) is 92.5 Å². The van der Waals surface area contributed by atoms with E-state index in [9.17, 15) is 9.59 Å². The zero-order valence-electron chi connectivity index (χ0n) is 27.2. The number of piperidine rings is 1. The highest BCUT2D eigenvalue weighted by molar-refractivity contribution is 5.99. The summed E-state index contributed by atoms with van der Waals surface area (Å²) >= 11 is 0.